The molecule has 0 saturated heterocycles. The highest BCUT2D eigenvalue weighted by Gasteiger charge is 2.32. The van der Waals surface area contributed by atoms with Gasteiger partial charge in [0, 0.05) is 5.75 Å². The second kappa shape index (κ2) is 12.6. The lowest BCUT2D eigenvalue weighted by Gasteiger charge is -2.27. The number of nitrogens with two attached hydrogens (primary N) is 1. The minimum atomic E-state index is -1.37. The van der Waals surface area contributed by atoms with Crippen LogP contribution in [0.25, 0.3) is 0 Å². The van der Waals surface area contributed by atoms with E-state index in [0.29, 0.717) is 6.42 Å². The third-order valence-corrected chi connectivity index (χ3v) is 4.77. The largest absolute Gasteiger partial charge is 0.480 e. The van der Waals surface area contributed by atoms with Gasteiger partial charge in [-0.05, 0) is 11.8 Å². The lowest BCUT2D eigenvalue weighted by Crippen LogP contribution is -2.59. The van der Waals surface area contributed by atoms with Crippen LogP contribution in [0.15, 0.2) is 0 Å². The minimum Gasteiger partial charge on any atom is -0.480 e. The van der Waals surface area contributed by atoms with Gasteiger partial charge >= 0.3 is 5.97 Å². The SMILES string of the molecule is CCC(C)C(NC(=O)C(CO)NC(=O)C(NC(=O)C(N)CS)C(C)C)C(=O)O. The number of amides is 3. The predicted molar refractivity (Wildman–Crippen MR) is 107 cm³/mol. The molecule has 5 unspecified atom stereocenters. The van der Waals surface area contributed by atoms with Crippen LogP contribution in [0, 0.1) is 11.8 Å². The van der Waals surface area contributed by atoms with Gasteiger partial charge < -0.3 is 31.9 Å². The van der Waals surface area contributed by atoms with Crippen molar-refractivity contribution in [3.63, 3.8) is 0 Å². The Balaban J connectivity index is 5.18. The van der Waals surface area contributed by atoms with Crippen molar-refractivity contribution in [3.8, 4) is 0 Å². The monoisotopic (exact) mass is 420 g/mol. The first-order chi connectivity index (χ1) is 13.0. The number of nitrogens with one attached hydrogen (secondary N) is 3. The summed E-state index contributed by atoms with van der Waals surface area (Å²) in [5.41, 5.74) is 5.59. The van der Waals surface area contributed by atoms with Gasteiger partial charge in [-0.25, -0.2) is 4.79 Å². The molecular weight excluding hydrogens is 388 g/mol. The Bertz CT molecular complexity index is 560. The lowest BCUT2D eigenvalue weighted by molar-refractivity contribution is -0.144. The average molecular weight is 421 g/mol. The Hall–Kier alpha value is -1.85. The van der Waals surface area contributed by atoms with E-state index in [2.05, 4.69) is 28.6 Å². The van der Waals surface area contributed by atoms with Crippen LogP contribution >= 0.6 is 12.6 Å². The fourth-order valence-corrected chi connectivity index (χ4v) is 2.44. The fourth-order valence-electron chi connectivity index (χ4n) is 2.27. The number of hydrogen-bond donors (Lipinski definition) is 7. The van der Waals surface area contributed by atoms with Crippen molar-refractivity contribution in [2.24, 2.45) is 17.6 Å². The van der Waals surface area contributed by atoms with Gasteiger partial charge in [-0.3, -0.25) is 14.4 Å². The molecule has 0 aromatic heterocycles. The molecule has 162 valence electrons. The van der Waals surface area contributed by atoms with Crippen molar-refractivity contribution in [1.29, 1.82) is 0 Å². The fraction of sp³-hybridized carbons (Fsp3) is 0.765. The number of aliphatic hydroxyl groups is 1. The van der Waals surface area contributed by atoms with Crippen LogP contribution in [0.5, 0.6) is 0 Å². The van der Waals surface area contributed by atoms with Crippen LogP contribution in [0.2, 0.25) is 0 Å². The Morgan fingerprint density at radius 1 is 0.964 bits per heavy atom. The van der Waals surface area contributed by atoms with E-state index in [1.54, 1.807) is 27.7 Å². The highest BCUT2D eigenvalue weighted by atomic mass is 32.1. The maximum Gasteiger partial charge on any atom is 0.326 e. The summed E-state index contributed by atoms with van der Waals surface area (Å²) in [6, 6.07) is -4.42. The number of carbonyl (C=O) groups is 4. The number of aliphatic hydroxyl groups excluding tert-OH is 1. The molecule has 0 saturated carbocycles. The van der Waals surface area contributed by atoms with Gasteiger partial charge in [0.25, 0.3) is 0 Å². The van der Waals surface area contributed by atoms with Gasteiger partial charge in [0.05, 0.1) is 12.6 Å². The molecule has 0 bridgehead atoms. The molecule has 0 rings (SSSR count). The summed E-state index contributed by atoms with van der Waals surface area (Å²) >= 11 is 3.93. The Kier molecular flexibility index (Phi) is 11.7. The van der Waals surface area contributed by atoms with Gasteiger partial charge in [-0.1, -0.05) is 34.1 Å². The number of rotatable bonds is 12. The minimum absolute atomic E-state index is 0.0894. The summed E-state index contributed by atoms with van der Waals surface area (Å²) in [5.74, 6) is -3.89. The maximum atomic E-state index is 12.5. The molecule has 0 aromatic rings. The van der Waals surface area contributed by atoms with Gasteiger partial charge in [-0.15, -0.1) is 0 Å². The zero-order chi connectivity index (χ0) is 22.0. The number of hydrogen-bond acceptors (Lipinski definition) is 7. The van der Waals surface area contributed by atoms with E-state index < -0.39 is 54.5 Å². The number of carboxylic acid groups (broad SMARTS) is 1. The summed E-state index contributed by atoms with van der Waals surface area (Å²) in [4.78, 5) is 48.2. The van der Waals surface area contributed by atoms with E-state index in [-0.39, 0.29) is 17.6 Å². The van der Waals surface area contributed by atoms with E-state index in [4.69, 9.17) is 5.73 Å². The molecule has 11 heteroatoms. The van der Waals surface area contributed by atoms with Crippen LogP contribution in [0.4, 0.5) is 0 Å². The summed E-state index contributed by atoms with van der Waals surface area (Å²) in [6.07, 6.45) is 0.514. The summed E-state index contributed by atoms with van der Waals surface area (Å²) in [5, 5.41) is 25.9. The molecule has 0 aromatic carbocycles. The molecule has 0 aliphatic heterocycles. The van der Waals surface area contributed by atoms with Crippen molar-refractivity contribution in [2.75, 3.05) is 12.4 Å². The highest BCUT2D eigenvalue weighted by molar-refractivity contribution is 7.80. The van der Waals surface area contributed by atoms with Gasteiger partial charge in [0.1, 0.15) is 18.1 Å². The first-order valence-corrected chi connectivity index (χ1v) is 9.74. The zero-order valence-electron chi connectivity index (χ0n) is 16.6. The molecule has 0 heterocycles. The van der Waals surface area contributed by atoms with Crippen LogP contribution in [0.1, 0.15) is 34.1 Å². The zero-order valence-corrected chi connectivity index (χ0v) is 17.5. The molecule has 5 atom stereocenters. The van der Waals surface area contributed by atoms with Crippen molar-refractivity contribution >= 4 is 36.3 Å². The normalized spacial score (nSPS) is 16.4. The highest BCUT2D eigenvalue weighted by Crippen LogP contribution is 2.08. The van der Waals surface area contributed by atoms with Crippen LogP contribution in [-0.4, -0.2) is 70.4 Å². The Labute approximate surface area is 170 Å². The number of aliphatic carboxylic acids is 1. The predicted octanol–water partition coefficient (Wildman–Crippen LogP) is -1.52. The van der Waals surface area contributed by atoms with Gasteiger partial charge in [-0.2, -0.15) is 12.6 Å². The molecule has 10 nitrogen and oxygen atoms in total. The van der Waals surface area contributed by atoms with Crippen LogP contribution in [-0.2, 0) is 19.2 Å². The van der Waals surface area contributed by atoms with Gasteiger partial charge in [0.2, 0.25) is 17.7 Å². The van der Waals surface area contributed by atoms with E-state index in [0.717, 1.165) is 0 Å². The molecule has 0 radical (unpaired) electrons. The van der Waals surface area contributed by atoms with Crippen LogP contribution in [0.3, 0.4) is 0 Å². The molecule has 7 N–H and O–H groups in total. The smallest absolute Gasteiger partial charge is 0.326 e. The van der Waals surface area contributed by atoms with E-state index in [1.165, 1.54) is 0 Å². The molecular formula is C17H32N4O6S. The first-order valence-electron chi connectivity index (χ1n) is 9.11. The topological polar surface area (TPSA) is 171 Å². The molecule has 0 spiro atoms. The van der Waals surface area contributed by atoms with Crippen molar-refractivity contribution in [2.45, 2.75) is 58.3 Å². The van der Waals surface area contributed by atoms with E-state index in [1.807, 2.05) is 0 Å². The third kappa shape index (κ3) is 8.03. The molecule has 0 aliphatic carbocycles. The Morgan fingerprint density at radius 3 is 1.89 bits per heavy atom. The molecule has 3 amide bonds. The summed E-state index contributed by atoms with van der Waals surface area (Å²) in [7, 11) is 0. The number of carbonyl (C=O) groups excluding carboxylic acids is 3. The van der Waals surface area contributed by atoms with Gasteiger partial charge in [0.15, 0.2) is 0 Å². The lowest BCUT2D eigenvalue weighted by atomic mass is 9.99. The second-order valence-electron chi connectivity index (χ2n) is 6.97. The van der Waals surface area contributed by atoms with Crippen LogP contribution < -0.4 is 21.7 Å². The standard InChI is InChI=1S/C17H32N4O6S/c1-5-9(4)13(17(26)27)21-15(24)11(6-22)19-16(25)12(8(2)3)20-14(23)10(18)7-28/h8-13,22,28H,5-7,18H2,1-4H3,(H,19,25)(H,20,23)(H,21,24)(H,26,27). The quantitative estimate of drug-likeness (QED) is 0.188. The number of carboxylic acids is 1. The maximum absolute atomic E-state index is 12.5. The number of thiol groups is 1. The molecule has 28 heavy (non-hydrogen) atoms. The second-order valence-corrected chi connectivity index (χ2v) is 7.34. The van der Waals surface area contributed by atoms with Crippen molar-refractivity contribution < 1.29 is 29.4 Å². The first kappa shape index (κ1) is 26.1. The van der Waals surface area contributed by atoms with Crippen molar-refractivity contribution in [1.82, 2.24) is 16.0 Å². The average Bonchev–Trinajstić information content (AvgIpc) is 2.65. The molecule has 0 aliphatic rings. The summed E-state index contributed by atoms with van der Waals surface area (Å²) < 4.78 is 0. The molecule has 0 fully saturated rings. The Morgan fingerprint density at radius 2 is 1.50 bits per heavy atom. The summed E-state index contributed by atoms with van der Waals surface area (Å²) in [6.45, 7) is 6.09. The van der Waals surface area contributed by atoms with E-state index in [9.17, 15) is 29.4 Å². The third-order valence-electron chi connectivity index (χ3n) is 4.37. The van der Waals surface area contributed by atoms with E-state index >= 15 is 0 Å². The van der Waals surface area contributed by atoms with Crippen molar-refractivity contribution in [3.05, 3.63) is 0 Å².